The molecule has 0 unspecified atom stereocenters. The molecule has 0 fully saturated rings. The first kappa shape index (κ1) is 13.1. The fraction of sp³-hybridized carbons (Fsp3) is 0.375. The van der Waals surface area contributed by atoms with E-state index >= 15 is 0 Å². The molecule has 0 spiro atoms. The Balaban J connectivity index is 1.70. The van der Waals surface area contributed by atoms with E-state index in [4.69, 9.17) is 4.74 Å². The first-order chi connectivity index (χ1) is 9.74. The van der Waals surface area contributed by atoms with Gasteiger partial charge in [-0.1, -0.05) is 12.1 Å². The molecule has 104 valence electrons. The Hall–Kier alpha value is -1.94. The Morgan fingerprint density at radius 2 is 2.05 bits per heavy atom. The average molecular weight is 269 g/mol. The SMILES string of the molecule is COc1ccc(CN2CCc3cnc(C)nc3C2)cc1. The Labute approximate surface area is 119 Å². The summed E-state index contributed by atoms with van der Waals surface area (Å²) in [7, 11) is 1.69. The van der Waals surface area contributed by atoms with Crippen LogP contribution in [-0.2, 0) is 19.5 Å². The molecule has 0 amide bonds. The van der Waals surface area contributed by atoms with Crippen LogP contribution >= 0.6 is 0 Å². The highest BCUT2D eigenvalue weighted by molar-refractivity contribution is 5.27. The van der Waals surface area contributed by atoms with Gasteiger partial charge in [0, 0.05) is 25.8 Å². The Morgan fingerprint density at radius 3 is 2.80 bits per heavy atom. The van der Waals surface area contributed by atoms with E-state index in [1.54, 1.807) is 7.11 Å². The second-order valence-corrected chi connectivity index (χ2v) is 5.20. The maximum Gasteiger partial charge on any atom is 0.125 e. The van der Waals surface area contributed by atoms with Gasteiger partial charge >= 0.3 is 0 Å². The molecule has 0 atom stereocenters. The van der Waals surface area contributed by atoms with Gasteiger partial charge in [0.15, 0.2) is 0 Å². The molecule has 0 N–H and O–H groups in total. The van der Waals surface area contributed by atoms with Crippen LogP contribution < -0.4 is 4.74 Å². The van der Waals surface area contributed by atoms with E-state index in [-0.39, 0.29) is 0 Å². The van der Waals surface area contributed by atoms with Crippen LogP contribution in [0.4, 0.5) is 0 Å². The predicted octanol–water partition coefficient (Wildman–Crippen LogP) is 2.35. The molecule has 4 nitrogen and oxygen atoms in total. The summed E-state index contributed by atoms with van der Waals surface area (Å²) >= 11 is 0. The highest BCUT2D eigenvalue weighted by Gasteiger charge is 2.17. The van der Waals surface area contributed by atoms with E-state index in [0.717, 1.165) is 37.6 Å². The maximum atomic E-state index is 5.19. The van der Waals surface area contributed by atoms with Crippen molar-refractivity contribution in [2.75, 3.05) is 13.7 Å². The van der Waals surface area contributed by atoms with Crippen molar-refractivity contribution >= 4 is 0 Å². The molecule has 0 bridgehead atoms. The van der Waals surface area contributed by atoms with Crippen molar-refractivity contribution < 1.29 is 4.74 Å². The highest BCUT2D eigenvalue weighted by atomic mass is 16.5. The van der Waals surface area contributed by atoms with Gasteiger partial charge in [-0.3, -0.25) is 4.90 Å². The summed E-state index contributed by atoms with van der Waals surface area (Å²) in [6.07, 6.45) is 3.01. The molecule has 2 aromatic rings. The zero-order valence-corrected chi connectivity index (χ0v) is 12.0. The van der Waals surface area contributed by atoms with Crippen molar-refractivity contribution in [2.24, 2.45) is 0 Å². The first-order valence-corrected chi connectivity index (χ1v) is 6.91. The summed E-state index contributed by atoms with van der Waals surface area (Å²) in [4.78, 5) is 11.3. The number of methoxy groups -OCH3 is 1. The van der Waals surface area contributed by atoms with Gasteiger partial charge in [-0.2, -0.15) is 0 Å². The Bertz CT molecular complexity index is 595. The van der Waals surface area contributed by atoms with Crippen LogP contribution in [0.2, 0.25) is 0 Å². The second-order valence-electron chi connectivity index (χ2n) is 5.20. The largest absolute Gasteiger partial charge is 0.497 e. The van der Waals surface area contributed by atoms with E-state index < -0.39 is 0 Å². The Morgan fingerprint density at radius 1 is 1.25 bits per heavy atom. The van der Waals surface area contributed by atoms with Crippen LogP contribution in [0.3, 0.4) is 0 Å². The van der Waals surface area contributed by atoms with Gasteiger partial charge in [-0.25, -0.2) is 9.97 Å². The lowest BCUT2D eigenvalue weighted by Crippen LogP contribution is -2.31. The van der Waals surface area contributed by atoms with Gasteiger partial charge < -0.3 is 4.74 Å². The van der Waals surface area contributed by atoms with Crippen LogP contribution in [0.25, 0.3) is 0 Å². The summed E-state index contributed by atoms with van der Waals surface area (Å²) in [6, 6.07) is 8.28. The van der Waals surface area contributed by atoms with Crippen molar-refractivity contribution in [3.63, 3.8) is 0 Å². The lowest BCUT2D eigenvalue weighted by molar-refractivity contribution is 0.240. The molecule has 2 heterocycles. The molecule has 0 saturated carbocycles. The van der Waals surface area contributed by atoms with Crippen LogP contribution in [0.1, 0.15) is 22.6 Å². The molecule has 1 aliphatic heterocycles. The monoisotopic (exact) mass is 269 g/mol. The van der Waals surface area contributed by atoms with Crippen molar-refractivity contribution in [2.45, 2.75) is 26.4 Å². The number of aryl methyl sites for hydroxylation is 1. The second kappa shape index (κ2) is 5.59. The lowest BCUT2D eigenvalue weighted by atomic mass is 10.1. The van der Waals surface area contributed by atoms with Crippen molar-refractivity contribution in [3.05, 3.63) is 53.1 Å². The molecule has 3 rings (SSSR count). The number of aromatic nitrogens is 2. The molecule has 0 saturated heterocycles. The van der Waals surface area contributed by atoms with Crippen LogP contribution in [0.5, 0.6) is 5.75 Å². The van der Waals surface area contributed by atoms with E-state index in [9.17, 15) is 0 Å². The number of benzene rings is 1. The number of nitrogens with zero attached hydrogens (tertiary/aromatic N) is 3. The molecule has 1 aromatic carbocycles. The smallest absolute Gasteiger partial charge is 0.125 e. The Kier molecular flexibility index (Phi) is 3.65. The fourth-order valence-corrected chi connectivity index (χ4v) is 2.58. The molecule has 1 aromatic heterocycles. The minimum absolute atomic E-state index is 0.857. The first-order valence-electron chi connectivity index (χ1n) is 6.91. The van der Waals surface area contributed by atoms with Crippen molar-refractivity contribution in [1.82, 2.24) is 14.9 Å². The molecular weight excluding hydrogens is 250 g/mol. The number of hydrogen-bond donors (Lipinski definition) is 0. The highest BCUT2D eigenvalue weighted by Crippen LogP contribution is 2.19. The lowest BCUT2D eigenvalue weighted by Gasteiger charge is -2.27. The van der Waals surface area contributed by atoms with E-state index in [1.807, 2.05) is 25.3 Å². The van der Waals surface area contributed by atoms with E-state index in [1.165, 1.54) is 16.8 Å². The number of ether oxygens (including phenoxy) is 1. The third-order valence-electron chi connectivity index (χ3n) is 3.71. The van der Waals surface area contributed by atoms with Crippen molar-refractivity contribution in [3.8, 4) is 5.75 Å². The molecular formula is C16H19N3O. The molecule has 1 aliphatic rings. The van der Waals surface area contributed by atoms with Gasteiger partial charge in [0.2, 0.25) is 0 Å². The fourth-order valence-electron chi connectivity index (χ4n) is 2.58. The summed E-state index contributed by atoms with van der Waals surface area (Å²) in [5.74, 6) is 1.76. The number of hydrogen-bond acceptors (Lipinski definition) is 4. The number of fused-ring (bicyclic) bond motifs is 1. The minimum Gasteiger partial charge on any atom is -0.497 e. The topological polar surface area (TPSA) is 38.2 Å². The standard InChI is InChI=1S/C16H19N3O/c1-12-17-9-14-7-8-19(11-16(14)18-12)10-13-3-5-15(20-2)6-4-13/h3-6,9H,7-8,10-11H2,1-2H3. The van der Waals surface area contributed by atoms with Crippen molar-refractivity contribution in [1.29, 1.82) is 0 Å². The van der Waals surface area contributed by atoms with Gasteiger partial charge in [0.25, 0.3) is 0 Å². The average Bonchev–Trinajstić information content (AvgIpc) is 2.47. The van der Waals surface area contributed by atoms with Crippen LogP contribution in [-0.4, -0.2) is 28.5 Å². The van der Waals surface area contributed by atoms with Gasteiger partial charge in [0.05, 0.1) is 12.8 Å². The zero-order chi connectivity index (χ0) is 13.9. The summed E-state index contributed by atoms with van der Waals surface area (Å²) in [5.41, 5.74) is 3.78. The maximum absolute atomic E-state index is 5.19. The molecule has 4 heteroatoms. The van der Waals surface area contributed by atoms with E-state index in [2.05, 4.69) is 27.0 Å². The van der Waals surface area contributed by atoms with Crippen LogP contribution in [0, 0.1) is 6.92 Å². The van der Waals surface area contributed by atoms with E-state index in [0.29, 0.717) is 0 Å². The predicted molar refractivity (Wildman–Crippen MR) is 77.6 cm³/mol. The third kappa shape index (κ3) is 2.80. The minimum atomic E-state index is 0.857. The van der Waals surface area contributed by atoms with Gasteiger partial charge in [-0.05, 0) is 36.6 Å². The summed E-state index contributed by atoms with van der Waals surface area (Å²) in [6.45, 7) is 4.87. The molecule has 20 heavy (non-hydrogen) atoms. The van der Waals surface area contributed by atoms with Gasteiger partial charge in [0.1, 0.15) is 11.6 Å². The summed E-state index contributed by atoms with van der Waals surface area (Å²) < 4.78 is 5.19. The zero-order valence-electron chi connectivity index (χ0n) is 12.0. The normalized spacial score (nSPS) is 14.9. The molecule has 0 radical (unpaired) electrons. The summed E-state index contributed by atoms with van der Waals surface area (Å²) in [5, 5.41) is 0. The van der Waals surface area contributed by atoms with Gasteiger partial charge in [-0.15, -0.1) is 0 Å². The third-order valence-corrected chi connectivity index (χ3v) is 3.71. The number of rotatable bonds is 3. The molecule has 0 aliphatic carbocycles. The quantitative estimate of drug-likeness (QED) is 0.857. The van der Waals surface area contributed by atoms with Crippen LogP contribution in [0.15, 0.2) is 30.5 Å².